The van der Waals surface area contributed by atoms with Crippen molar-refractivity contribution >= 4 is 0 Å². The lowest BCUT2D eigenvalue weighted by Crippen LogP contribution is -2.47. The normalized spacial score (nSPS) is 41.7. The summed E-state index contributed by atoms with van der Waals surface area (Å²) in [5.41, 5.74) is 1.71. The molecule has 0 aromatic carbocycles. The van der Waals surface area contributed by atoms with Crippen LogP contribution in [-0.4, -0.2) is 19.5 Å². The standard InChI is InChI=1S/C17H30O2/c1-6-14(4)17(5)10-18-16(19-11-17)15-8-7-12(2)9-13(15)3/h9,13-16H,6-8,10-11H2,1-5H3/t13-,14+,15+,16?,17?/m1/s1. The Bertz CT molecular complexity index is 326. The lowest BCUT2D eigenvalue weighted by molar-refractivity contribution is -0.260. The highest BCUT2D eigenvalue weighted by Crippen LogP contribution is 2.39. The van der Waals surface area contributed by atoms with E-state index in [2.05, 4.69) is 40.7 Å². The molecule has 1 fully saturated rings. The van der Waals surface area contributed by atoms with Crippen molar-refractivity contribution in [2.24, 2.45) is 23.2 Å². The number of hydrogen-bond acceptors (Lipinski definition) is 2. The zero-order valence-corrected chi connectivity index (χ0v) is 13.2. The summed E-state index contributed by atoms with van der Waals surface area (Å²) in [6.07, 6.45) is 5.99. The summed E-state index contributed by atoms with van der Waals surface area (Å²) in [4.78, 5) is 0. The van der Waals surface area contributed by atoms with Gasteiger partial charge in [0.2, 0.25) is 0 Å². The zero-order valence-electron chi connectivity index (χ0n) is 13.2. The van der Waals surface area contributed by atoms with Crippen LogP contribution >= 0.6 is 0 Å². The predicted octanol–water partition coefficient (Wildman–Crippen LogP) is 4.40. The zero-order chi connectivity index (χ0) is 14.0. The molecule has 0 unspecified atom stereocenters. The van der Waals surface area contributed by atoms with Gasteiger partial charge in [-0.15, -0.1) is 0 Å². The molecule has 0 saturated carbocycles. The molecule has 0 aromatic heterocycles. The molecular weight excluding hydrogens is 236 g/mol. The van der Waals surface area contributed by atoms with Gasteiger partial charge in [-0.2, -0.15) is 0 Å². The van der Waals surface area contributed by atoms with Crippen LogP contribution in [0.1, 0.15) is 53.9 Å². The third-order valence-corrected chi connectivity index (χ3v) is 5.40. The predicted molar refractivity (Wildman–Crippen MR) is 78.9 cm³/mol. The van der Waals surface area contributed by atoms with Crippen LogP contribution in [-0.2, 0) is 9.47 Å². The van der Waals surface area contributed by atoms with E-state index in [0.717, 1.165) is 13.2 Å². The average Bonchev–Trinajstić information content (AvgIpc) is 2.39. The van der Waals surface area contributed by atoms with Gasteiger partial charge in [-0.25, -0.2) is 0 Å². The molecule has 0 aromatic rings. The quantitative estimate of drug-likeness (QED) is 0.705. The van der Waals surface area contributed by atoms with Gasteiger partial charge in [0, 0.05) is 11.3 Å². The second-order valence-corrected chi connectivity index (χ2v) is 7.03. The van der Waals surface area contributed by atoms with Gasteiger partial charge < -0.3 is 9.47 Å². The van der Waals surface area contributed by atoms with E-state index in [1.165, 1.54) is 24.8 Å². The molecule has 0 spiro atoms. The maximum atomic E-state index is 6.11. The van der Waals surface area contributed by atoms with Gasteiger partial charge in [0.05, 0.1) is 13.2 Å². The van der Waals surface area contributed by atoms with Crippen LogP contribution in [0.3, 0.4) is 0 Å². The molecule has 2 nitrogen and oxygen atoms in total. The number of hydrogen-bond donors (Lipinski definition) is 0. The van der Waals surface area contributed by atoms with Gasteiger partial charge in [0.15, 0.2) is 6.29 Å². The summed E-state index contributed by atoms with van der Waals surface area (Å²) < 4.78 is 12.2. The molecule has 1 aliphatic heterocycles. The van der Waals surface area contributed by atoms with Crippen LogP contribution in [0.25, 0.3) is 0 Å². The number of allylic oxidation sites excluding steroid dienone is 2. The number of rotatable bonds is 3. The Balaban J connectivity index is 1.93. The fraction of sp³-hybridized carbons (Fsp3) is 0.882. The first-order valence-corrected chi connectivity index (χ1v) is 7.87. The van der Waals surface area contributed by atoms with Crippen molar-refractivity contribution in [3.8, 4) is 0 Å². The minimum Gasteiger partial charge on any atom is -0.352 e. The topological polar surface area (TPSA) is 18.5 Å². The van der Waals surface area contributed by atoms with Crippen molar-refractivity contribution in [2.75, 3.05) is 13.2 Å². The third-order valence-electron chi connectivity index (χ3n) is 5.40. The lowest BCUT2D eigenvalue weighted by atomic mass is 9.76. The van der Waals surface area contributed by atoms with Crippen molar-refractivity contribution in [1.82, 2.24) is 0 Å². The monoisotopic (exact) mass is 266 g/mol. The lowest BCUT2D eigenvalue weighted by Gasteiger charge is -2.44. The average molecular weight is 266 g/mol. The van der Waals surface area contributed by atoms with Crippen molar-refractivity contribution < 1.29 is 9.47 Å². The SMILES string of the molecule is CC[C@H](C)C1(C)COC([C@H]2CCC(C)=C[C@H]2C)OC1. The molecule has 2 aliphatic rings. The molecule has 1 heterocycles. The fourth-order valence-electron chi connectivity index (χ4n) is 3.36. The van der Waals surface area contributed by atoms with E-state index < -0.39 is 0 Å². The summed E-state index contributed by atoms with van der Waals surface area (Å²) in [6, 6.07) is 0. The van der Waals surface area contributed by atoms with Gasteiger partial charge in [-0.3, -0.25) is 0 Å². The van der Waals surface area contributed by atoms with E-state index in [1.54, 1.807) is 0 Å². The van der Waals surface area contributed by atoms with Crippen LogP contribution in [0.5, 0.6) is 0 Å². The molecule has 0 N–H and O–H groups in total. The molecule has 110 valence electrons. The van der Waals surface area contributed by atoms with Crippen molar-refractivity contribution in [1.29, 1.82) is 0 Å². The molecule has 0 amide bonds. The first-order valence-electron chi connectivity index (χ1n) is 7.87. The summed E-state index contributed by atoms with van der Waals surface area (Å²) in [6.45, 7) is 13.1. The Morgan fingerprint density at radius 3 is 2.53 bits per heavy atom. The van der Waals surface area contributed by atoms with E-state index in [9.17, 15) is 0 Å². The first-order chi connectivity index (χ1) is 8.96. The molecule has 0 bridgehead atoms. The smallest absolute Gasteiger partial charge is 0.160 e. The van der Waals surface area contributed by atoms with E-state index in [1.807, 2.05) is 0 Å². The van der Waals surface area contributed by atoms with Gasteiger partial charge >= 0.3 is 0 Å². The fourth-order valence-corrected chi connectivity index (χ4v) is 3.36. The van der Waals surface area contributed by atoms with E-state index >= 15 is 0 Å². The second kappa shape index (κ2) is 5.97. The maximum absolute atomic E-state index is 6.11. The molecule has 1 aliphatic carbocycles. The summed E-state index contributed by atoms with van der Waals surface area (Å²) in [5, 5.41) is 0. The number of ether oxygens (including phenoxy) is 2. The largest absolute Gasteiger partial charge is 0.352 e. The highest BCUT2D eigenvalue weighted by Gasteiger charge is 2.40. The van der Waals surface area contributed by atoms with Gasteiger partial charge in [-0.1, -0.05) is 45.8 Å². The maximum Gasteiger partial charge on any atom is 0.160 e. The van der Waals surface area contributed by atoms with Gasteiger partial charge in [0.1, 0.15) is 0 Å². The summed E-state index contributed by atoms with van der Waals surface area (Å²) >= 11 is 0. The highest BCUT2D eigenvalue weighted by atomic mass is 16.7. The van der Waals surface area contributed by atoms with Crippen molar-refractivity contribution in [3.05, 3.63) is 11.6 Å². The minimum atomic E-state index is 0.0106. The van der Waals surface area contributed by atoms with Crippen molar-refractivity contribution in [2.45, 2.75) is 60.2 Å². The minimum absolute atomic E-state index is 0.0106. The van der Waals surface area contributed by atoms with Crippen LogP contribution in [0.15, 0.2) is 11.6 Å². The van der Waals surface area contributed by atoms with Crippen LogP contribution in [0, 0.1) is 23.2 Å². The van der Waals surface area contributed by atoms with E-state index in [0.29, 0.717) is 17.8 Å². The van der Waals surface area contributed by atoms with Crippen LogP contribution in [0.4, 0.5) is 0 Å². The second-order valence-electron chi connectivity index (χ2n) is 7.03. The molecule has 19 heavy (non-hydrogen) atoms. The van der Waals surface area contributed by atoms with E-state index in [4.69, 9.17) is 9.47 Å². The Labute approximate surface area is 118 Å². The molecule has 0 radical (unpaired) electrons. The Kier molecular flexibility index (Phi) is 4.73. The summed E-state index contributed by atoms with van der Waals surface area (Å²) in [5.74, 6) is 1.76. The van der Waals surface area contributed by atoms with Gasteiger partial charge in [0.25, 0.3) is 0 Å². The van der Waals surface area contributed by atoms with Gasteiger partial charge in [-0.05, 0) is 31.6 Å². The molecule has 1 saturated heterocycles. The molecule has 2 rings (SSSR count). The van der Waals surface area contributed by atoms with E-state index in [-0.39, 0.29) is 11.7 Å². The third kappa shape index (κ3) is 3.22. The Hall–Kier alpha value is -0.340. The highest BCUT2D eigenvalue weighted by molar-refractivity contribution is 5.06. The van der Waals surface area contributed by atoms with Crippen molar-refractivity contribution in [3.63, 3.8) is 0 Å². The Morgan fingerprint density at radius 1 is 1.37 bits per heavy atom. The molecule has 2 heteroatoms. The first kappa shape index (κ1) is 15.1. The Morgan fingerprint density at radius 2 is 2.00 bits per heavy atom. The molecule has 3 atom stereocenters. The van der Waals surface area contributed by atoms with Crippen LogP contribution in [0.2, 0.25) is 0 Å². The van der Waals surface area contributed by atoms with Crippen LogP contribution < -0.4 is 0 Å². The summed E-state index contributed by atoms with van der Waals surface area (Å²) in [7, 11) is 0. The molecular formula is C17H30O2.